The molecular formula is C27H25F3NO5Si. The van der Waals surface area contributed by atoms with Crippen molar-refractivity contribution in [3.63, 3.8) is 0 Å². The molecular weight excluding hydrogens is 503 g/mol. The molecule has 2 atom stereocenters. The molecule has 0 saturated heterocycles. The first-order chi connectivity index (χ1) is 17.3. The number of carbonyl (C=O) groups is 1. The molecule has 1 amide bonds. The van der Waals surface area contributed by atoms with E-state index in [9.17, 15) is 18.0 Å². The molecule has 0 aliphatic carbocycles. The average Bonchev–Trinajstić information content (AvgIpc) is 3.53. The highest BCUT2D eigenvalue weighted by Gasteiger charge is 2.45. The Bertz CT molecular complexity index is 1390. The fourth-order valence-electron chi connectivity index (χ4n) is 5.44. The lowest BCUT2D eigenvalue weighted by Crippen LogP contribution is -2.30. The van der Waals surface area contributed by atoms with Crippen LogP contribution in [0.1, 0.15) is 66.0 Å². The Balaban J connectivity index is 1.65. The van der Waals surface area contributed by atoms with Crippen molar-refractivity contribution in [2.75, 3.05) is 4.90 Å². The predicted molar refractivity (Wildman–Crippen MR) is 130 cm³/mol. The van der Waals surface area contributed by atoms with Crippen LogP contribution >= 0.6 is 0 Å². The Hall–Kier alpha value is -3.24. The second-order valence-corrected chi connectivity index (χ2v) is 10.5. The number of anilines is 1. The van der Waals surface area contributed by atoms with Gasteiger partial charge in [0.2, 0.25) is 11.7 Å². The summed E-state index contributed by atoms with van der Waals surface area (Å²) in [7, 11) is 2.97. The van der Waals surface area contributed by atoms with Crippen LogP contribution < -0.4 is 14.4 Å². The Kier molecular flexibility index (Phi) is 5.95. The van der Waals surface area contributed by atoms with E-state index < -0.39 is 24.3 Å². The van der Waals surface area contributed by atoms with E-state index >= 15 is 0 Å². The molecule has 0 saturated carbocycles. The molecule has 5 rings (SSSR count). The third kappa shape index (κ3) is 4.12. The maximum absolute atomic E-state index is 14.1. The van der Waals surface area contributed by atoms with E-state index in [2.05, 4.69) is 31.3 Å². The van der Waals surface area contributed by atoms with E-state index in [1.165, 1.54) is 11.0 Å². The summed E-state index contributed by atoms with van der Waals surface area (Å²) >= 11 is 0. The highest BCUT2D eigenvalue weighted by atomic mass is 28.2. The van der Waals surface area contributed by atoms with Crippen LogP contribution in [0, 0.1) is 13.8 Å². The minimum atomic E-state index is -4.60. The summed E-state index contributed by atoms with van der Waals surface area (Å²) in [5, 5.41) is 0. The van der Waals surface area contributed by atoms with Gasteiger partial charge in [-0.25, -0.2) is 0 Å². The van der Waals surface area contributed by atoms with Crippen molar-refractivity contribution in [2.45, 2.75) is 65.1 Å². The summed E-state index contributed by atoms with van der Waals surface area (Å²) in [6.45, 7) is 8.87. The maximum Gasteiger partial charge on any atom is 0.449 e. The SMILES string of the molecule is Cc1c2c(c(C)c(C(C)(C)C)c1C1C(=O)N(Cc3ccc(C(F)(F)F)o3)c3ccccc31)OC(O[Si])O2. The number of rotatable bonds is 4. The number of furan rings is 1. The highest BCUT2D eigenvalue weighted by Crippen LogP contribution is 2.53. The van der Waals surface area contributed by atoms with Crippen LogP contribution in [-0.4, -0.2) is 22.9 Å². The number of carbonyl (C=O) groups excluding carboxylic acids is 1. The van der Waals surface area contributed by atoms with Crippen LogP contribution in [0.5, 0.6) is 11.5 Å². The van der Waals surface area contributed by atoms with Gasteiger partial charge in [-0.05, 0) is 65.3 Å². The van der Waals surface area contributed by atoms with Crippen LogP contribution in [0.15, 0.2) is 40.8 Å². The van der Waals surface area contributed by atoms with Crippen LogP contribution in [0.4, 0.5) is 18.9 Å². The molecule has 193 valence electrons. The molecule has 0 spiro atoms. The molecule has 2 unspecified atom stereocenters. The van der Waals surface area contributed by atoms with Crippen molar-refractivity contribution in [1.29, 1.82) is 0 Å². The number of ether oxygens (including phenoxy) is 2. The van der Waals surface area contributed by atoms with Crippen LogP contribution in [-0.2, 0) is 27.4 Å². The third-order valence-corrected chi connectivity index (χ3v) is 7.00. The third-order valence-electron chi connectivity index (χ3n) is 6.81. The van der Waals surface area contributed by atoms with Gasteiger partial charge < -0.3 is 23.2 Å². The normalized spacial score (nSPS) is 19.1. The first-order valence-corrected chi connectivity index (χ1v) is 12.1. The standard InChI is InChI=1S/C27H25F3NO5Si/c1-13-19(21(26(3,4)5)14(2)23-22(13)34-25(35-23)36-37)20-16-8-6-7-9-17(16)31(24(20)32)12-15-10-11-18(33-15)27(28,29)30/h6-11,20,25H,12H2,1-5H3. The molecule has 2 aliphatic rings. The molecule has 2 aromatic carbocycles. The van der Waals surface area contributed by atoms with E-state index in [1.807, 2.05) is 26.0 Å². The monoisotopic (exact) mass is 528 g/mol. The van der Waals surface area contributed by atoms with E-state index in [0.29, 0.717) is 17.2 Å². The van der Waals surface area contributed by atoms with Gasteiger partial charge in [-0.1, -0.05) is 39.0 Å². The molecule has 6 nitrogen and oxygen atoms in total. The number of halogens is 3. The molecule has 0 N–H and O–H groups in total. The van der Waals surface area contributed by atoms with Crippen molar-refractivity contribution in [2.24, 2.45) is 0 Å². The van der Waals surface area contributed by atoms with Gasteiger partial charge in [-0.15, -0.1) is 0 Å². The van der Waals surface area contributed by atoms with E-state index in [-0.39, 0.29) is 23.6 Å². The van der Waals surface area contributed by atoms with E-state index in [0.717, 1.165) is 33.9 Å². The van der Waals surface area contributed by atoms with Crippen LogP contribution in [0.2, 0.25) is 0 Å². The fourth-order valence-corrected chi connectivity index (χ4v) is 5.54. The Morgan fingerprint density at radius 1 is 1.00 bits per heavy atom. The zero-order valence-corrected chi connectivity index (χ0v) is 21.9. The molecule has 1 aromatic heterocycles. The quantitative estimate of drug-likeness (QED) is 0.386. The zero-order chi connectivity index (χ0) is 26.9. The lowest BCUT2D eigenvalue weighted by molar-refractivity contribution is -0.153. The summed E-state index contributed by atoms with van der Waals surface area (Å²) in [6.07, 6.45) is -4.60. The largest absolute Gasteiger partial charge is 0.455 e. The molecule has 3 radical (unpaired) electrons. The number of para-hydroxylation sites is 1. The van der Waals surface area contributed by atoms with Crippen molar-refractivity contribution < 1.29 is 36.3 Å². The molecule has 37 heavy (non-hydrogen) atoms. The van der Waals surface area contributed by atoms with E-state index in [4.69, 9.17) is 18.3 Å². The summed E-state index contributed by atoms with van der Waals surface area (Å²) in [5.41, 5.74) is 4.31. The second kappa shape index (κ2) is 8.66. The van der Waals surface area contributed by atoms with Crippen molar-refractivity contribution >= 4 is 22.1 Å². The van der Waals surface area contributed by atoms with Gasteiger partial charge in [0, 0.05) is 5.69 Å². The smallest absolute Gasteiger partial charge is 0.449 e. The lowest BCUT2D eigenvalue weighted by atomic mass is 9.74. The summed E-state index contributed by atoms with van der Waals surface area (Å²) in [6, 6.07) is 9.44. The van der Waals surface area contributed by atoms with Crippen molar-refractivity contribution in [3.8, 4) is 11.5 Å². The molecule has 10 heteroatoms. The molecule has 3 heterocycles. The number of hydrogen-bond donors (Lipinski definition) is 0. The van der Waals surface area contributed by atoms with Gasteiger partial charge in [0.05, 0.1) is 12.5 Å². The zero-order valence-electron chi connectivity index (χ0n) is 20.9. The number of amides is 1. The van der Waals surface area contributed by atoms with Gasteiger partial charge in [0.15, 0.2) is 11.5 Å². The first-order valence-electron chi connectivity index (χ1n) is 11.7. The minimum absolute atomic E-state index is 0.0443. The summed E-state index contributed by atoms with van der Waals surface area (Å²) in [5.74, 6) is -0.958. The number of alkyl halides is 3. The maximum atomic E-state index is 14.1. The molecule has 2 aliphatic heterocycles. The van der Waals surface area contributed by atoms with Crippen molar-refractivity contribution in [1.82, 2.24) is 0 Å². The number of fused-ring (bicyclic) bond motifs is 2. The fraction of sp³-hybridized carbons (Fsp3) is 0.370. The number of hydrogen-bond acceptors (Lipinski definition) is 5. The topological polar surface area (TPSA) is 61.1 Å². The Morgan fingerprint density at radius 3 is 2.24 bits per heavy atom. The minimum Gasteiger partial charge on any atom is -0.455 e. The predicted octanol–water partition coefficient (Wildman–Crippen LogP) is 6.05. The lowest BCUT2D eigenvalue weighted by Gasteiger charge is -2.30. The summed E-state index contributed by atoms with van der Waals surface area (Å²) < 4.78 is 61.2. The van der Waals surface area contributed by atoms with Gasteiger partial charge >= 0.3 is 12.7 Å². The molecule has 0 bridgehead atoms. The number of benzene rings is 2. The van der Waals surface area contributed by atoms with Crippen LogP contribution in [0.25, 0.3) is 0 Å². The Morgan fingerprint density at radius 2 is 1.65 bits per heavy atom. The van der Waals surface area contributed by atoms with E-state index in [1.54, 1.807) is 12.1 Å². The average molecular weight is 529 g/mol. The van der Waals surface area contributed by atoms with Crippen molar-refractivity contribution in [3.05, 3.63) is 75.7 Å². The van der Waals surface area contributed by atoms with Gasteiger partial charge in [-0.2, -0.15) is 13.2 Å². The number of nitrogens with zero attached hydrogens (tertiary/aromatic N) is 1. The molecule has 0 fully saturated rings. The summed E-state index contributed by atoms with van der Waals surface area (Å²) in [4.78, 5) is 15.6. The van der Waals surface area contributed by atoms with Crippen LogP contribution in [0.3, 0.4) is 0 Å². The first kappa shape index (κ1) is 25.4. The van der Waals surface area contributed by atoms with Gasteiger partial charge in [-0.3, -0.25) is 4.79 Å². The second-order valence-electron chi connectivity index (χ2n) is 10.3. The van der Waals surface area contributed by atoms with Gasteiger partial charge in [0.1, 0.15) is 5.76 Å². The highest BCUT2D eigenvalue weighted by molar-refractivity contribution is 6.07. The van der Waals surface area contributed by atoms with Gasteiger partial charge in [0.25, 0.3) is 10.5 Å². The molecule has 3 aromatic rings. The Labute approximate surface area is 215 Å².